The molecule has 5 heteroatoms. The molecule has 0 amide bonds. The Hall–Kier alpha value is -0.910. The van der Waals surface area contributed by atoms with Crippen LogP contribution in [0.5, 0.6) is 0 Å². The van der Waals surface area contributed by atoms with E-state index < -0.39 is 5.60 Å². The summed E-state index contributed by atoms with van der Waals surface area (Å²) in [6.45, 7) is 6.20. The third kappa shape index (κ3) is 3.28. The fourth-order valence-electron chi connectivity index (χ4n) is 1.95. The zero-order valence-corrected chi connectivity index (χ0v) is 10.5. The van der Waals surface area contributed by atoms with E-state index >= 15 is 0 Å². The molecule has 1 aromatic heterocycles. The van der Waals surface area contributed by atoms with Crippen molar-refractivity contribution in [1.29, 1.82) is 0 Å². The third-order valence-corrected chi connectivity index (χ3v) is 3.23. The van der Waals surface area contributed by atoms with Gasteiger partial charge >= 0.3 is 0 Å². The molecule has 0 aliphatic carbocycles. The third-order valence-electron chi connectivity index (χ3n) is 3.23. The fourth-order valence-corrected chi connectivity index (χ4v) is 1.95. The van der Waals surface area contributed by atoms with Crippen LogP contribution in [0.4, 0.5) is 0 Å². The van der Waals surface area contributed by atoms with Crippen LogP contribution in [0, 0.1) is 13.8 Å². The summed E-state index contributed by atoms with van der Waals surface area (Å²) in [4.78, 5) is 4.28. The van der Waals surface area contributed by atoms with E-state index in [4.69, 9.17) is 9.15 Å². The first-order valence-electron chi connectivity index (χ1n) is 6.03. The molecule has 0 unspecified atom stereocenters. The van der Waals surface area contributed by atoms with Crippen molar-refractivity contribution in [3.8, 4) is 0 Å². The molecule has 2 N–H and O–H groups in total. The van der Waals surface area contributed by atoms with E-state index in [1.807, 2.05) is 13.8 Å². The Morgan fingerprint density at radius 2 is 2.06 bits per heavy atom. The minimum Gasteiger partial charge on any atom is -0.444 e. The van der Waals surface area contributed by atoms with Gasteiger partial charge in [-0.2, -0.15) is 0 Å². The predicted octanol–water partition coefficient (Wildman–Crippen LogP) is 0.923. The van der Waals surface area contributed by atoms with Crippen LogP contribution in [0.2, 0.25) is 0 Å². The lowest BCUT2D eigenvalue weighted by atomic mass is 9.94. The lowest BCUT2D eigenvalue weighted by molar-refractivity contribution is -0.0618. The number of nitrogens with one attached hydrogen (secondary N) is 1. The quantitative estimate of drug-likeness (QED) is 0.819. The minimum atomic E-state index is -0.644. The molecule has 2 rings (SSSR count). The van der Waals surface area contributed by atoms with Crippen molar-refractivity contribution in [2.45, 2.75) is 38.8 Å². The molecule has 1 saturated heterocycles. The molecule has 0 saturated carbocycles. The van der Waals surface area contributed by atoms with E-state index in [0.717, 1.165) is 11.5 Å². The Balaban J connectivity index is 1.78. The summed E-state index contributed by atoms with van der Waals surface area (Å²) in [6, 6.07) is 0. The summed E-state index contributed by atoms with van der Waals surface area (Å²) in [5.41, 5.74) is 0.279. The first-order chi connectivity index (χ1) is 8.09. The smallest absolute Gasteiger partial charge is 0.208 e. The van der Waals surface area contributed by atoms with E-state index in [9.17, 15) is 5.11 Å². The predicted molar refractivity (Wildman–Crippen MR) is 62.7 cm³/mol. The van der Waals surface area contributed by atoms with Crippen molar-refractivity contribution < 1.29 is 14.3 Å². The maximum absolute atomic E-state index is 10.2. The molecule has 17 heavy (non-hydrogen) atoms. The van der Waals surface area contributed by atoms with Crippen molar-refractivity contribution in [3.05, 3.63) is 17.3 Å². The molecule has 96 valence electrons. The molecule has 1 aliphatic heterocycles. The number of rotatable bonds is 4. The number of ether oxygens (including phenoxy) is 1. The van der Waals surface area contributed by atoms with Gasteiger partial charge in [-0.05, 0) is 13.8 Å². The van der Waals surface area contributed by atoms with E-state index in [1.54, 1.807) is 0 Å². The van der Waals surface area contributed by atoms with Crippen LogP contribution < -0.4 is 5.32 Å². The van der Waals surface area contributed by atoms with E-state index in [2.05, 4.69) is 10.3 Å². The molecular weight excluding hydrogens is 220 g/mol. The summed E-state index contributed by atoms with van der Waals surface area (Å²) >= 11 is 0. The highest BCUT2D eigenvalue weighted by Gasteiger charge is 2.29. The lowest BCUT2D eigenvalue weighted by Crippen LogP contribution is -2.44. The van der Waals surface area contributed by atoms with Crippen molar-refractivity contribution in [3.63, 3.8) is 0 Å². The lowest BCUT2D eigenvalue weighted by Gasteiger charge is -2.32. The van der Waals surface area contributed by atoms with Gasteiger partial charge in [-0.3, -0.25) is 0 Å². The number of oxazole rings is 1. The van der Waals surface area contributed by atoms with E-state index in [-0.39, 0.29) is 0 Å². The zero-order chi connectivity index (χ0) is 12.3. The zero-order valence-electron chi connectivity index (χ0n) is 10.5. The van der Waals surface area contributed by atoms with Gasteiger partial charge in [0, 0.05) is 32.6 Å². The van der Waals surface area contributed by atoms with Gasteiger partial charge in [0.15, 0.2) is 0 Å². The van der Waals surface area contributed by atoms with Crippen LogP contribution in [0.15, 0.2) is 4.42 Å². The van der Waals surface area contributed by atoms with Gasteiger partial charge in [0.1, 0.15) is 5.76 Å². The highest BCUT2D eigenvalue weighted by Crippen LogP contribution is 2.19. The van der Waals surface area contributed by atoms with Crippen LogP contribution in [0.25, 0.3) is 0 Å². The molecule has 0 spiro atoms. The van der Waals surface area contributed by atoms with Crippen LogP contribution in [0.3, 0.4) is 0 Å². The van der Waals surface area contributed by atoms with Gasteiger partial charge < -0.3 is 19.6 Å². The number of aryl methyl sites for hydroxylation is 2. The van der Waals surface area contributed by atoms with Crippen molar-refractivity contribution in [2.24, 2.45) is 0 Å². The summed E-state index contributed by atoms with van der Waals surface area (Å²) in [5, 5.41) is 13.4. The van der Waals surface area contributed by atoms with Crippen LogP contribution in [-0.2, 0) is 11.3 Å². The van der Waals surface area contributed by atoms with Crippen molar-refractivity contribution in [1.82, 2.24) is 10.3 Å². The summed E-state index contributed by atoms with van der Waals surface area (Å²) in [5.74, 6) is 1.53. The Morgan fingerprint density at radius 3 is 2.65 bits per heavy atom. The Labute approximate surface area is 101 Å². The van der Waals surface area contributed by atoms with E-state index in [0.29, 0.717) is 45.0 Å². The molecule has 1 fully saturated rings. The molecule has 1 aromatic rings. The summed E-state index contributed by atoms with van der Waals surface area (Å²) < 4.78 is 10.7. The number of hydrogen-bond donors (Lipinski definition) is 2. The molecular formula is C12H20N2O3. The first-order valence-corrected chi connectivity index (χ1v) is 6.03. The number of aromatic nitrogens is 1. The molecule has 1 aliphatic rings. The van der Waals surface area contributed by atoms with Crippen LogP contribution in [0.1, 0.15) is 30.2 Å². The first kappa shape index (κ1) is 12.5. The Kier molecular flexibility index (Phi) is 3.81. The van der Waals surface area contributed by atoms with Crippen molar-refractivity contribution >= 4 is 0 Å². The maximum atomic E-state index is 10.2. The number of nitrogens with zero attached hydrogens (tertiary/aromatic N) is 1. The molecule has 0 atom stereocenters. The minimum absolute atomic E-state index is 0.552. The van der Waals surface area contributed by atoms with Gasteiger partial charge in [-0.15, -0.1) is 0 Å². The van der Waals surface area contributed by atoms with Gasteiger partial charge in [-0.1, -0.05) is 0 Å². The van der Waals surface area contributed by atoms with Gasteiger partial charge in [0.25, 0.3) is 0 Å². The topological polar surface area (TPSA) is 67.5 Å². The maximum Gasteiger partial charge on any atom is 0.208 e. The second-order valence-corrected chi connectivity index (χ2v) is 4.69. The summed E-state index contributed by atoms with van der Waals surface area (Å²) in [7, 11) is 0. The highest BCUT2D eigenvalue weighted by molar-refractivity contribution is 5.05. The van der Waals surface area contributed by atoms with Crippen molar-refractivity contribution in [2.75, 3.05) is 19.8 Å². The molecule has 0 radical (unpaired) electrons. The molecule has 0 bridgehead atoms. The fraction of sp³-hybridized carbons (Fsp3) is 0.750. The molecule has 2 heterocycles. The summed E-state index contributed by atoms with van der Waals surface area (Å²) in [6.07, 6.45) is 1.37. The number of hydrogen-bond acceptors (Lipinski definition) is 5. The van der Waals surface area contributed by atoms with E-state index in [1.165, 1.54) is 0 Å². The standard InChI is InChI=1S/C12H20N2O3/c1-9-10(2)17-11(14-9)7-13-8-12(15)3-5-16-6-4-12/h13,15H,3-8H2,1-2H3. The van der Waals surface area contributed by atoms with Crippen LogP contribution in [-0.4, -0.2) is 35.5 Å². The second kappa shape index (κ2) is 5.16. The number of aliphatic hydroxyl groups is 1. The Morgan fingerprint density at radius 1 is 1.35 bits per heavy atom. The van der Waals surface area contributed by atoms with Gasteiger partial charge in [0.05, 0.1) is 17.8 Å². The monoisotopic (exact) mass is 240 g/mol. The molecule has 0 aromatic carbocycles. The SMILES string of the molecule is Cc1nc(CNCC2(O)CCOCC2)oc1C. The average Bonchev–Trinajstić information content (AvgIpc) is 2.59. The average molecular weight is 240 g/mol. The second-order valence-electron chi connectivity index (χ2n) is 4.69. The Bertz CT molecular complexity index is 350. The largest absolute Gasteiger partial charge is 0.444 e. The normalized spacial score (nSPS) is 19.5. The van der Waals surface area contributed by atoms with Crippen LogP contribution >= 0.6 is 0 Å². The van der Waals surface area contributed by atoms with Gasteiger partial charge in [0.2, 0.25) is 5.89 Å². The van der Waals surface area contributed by atoms with Gasteiger partial charge in [-0.25, -0.2) is 4.98 Å². The highest BCUT2D eigenvalue weighted by atomic mass is 16.5. The molecule has 5 nitrogen and oxygen atoms in total.